The van der Waals surface area contributed by atoms with E-state index in [4.69, 9.17) is 0 Å². The summed E-state index contributed by atoms with van der Waals surface area (Å²) in [4.78, 5) is 0. The molecule has 0 radical (unpaired) electrons. The van der Waals surface area contributed by atoms with E-state index in [0.717, 1.165) is 0 Å². The zero-order valence-corrected chi connectivity index (χ0v) is 12.1. The highest BCUT2D eigenvalue weighted by molar-refractivity contribution is 5.86. The van der Waals surface area contributed by atoms with Crippen molar-refractivity contribution in [1.82, 2.24) is 5.32 Å². The normalized spacial score (nSPS) is 13.6. The van der Waals surface area contributed by atoms with Crippen LogP contribution in [-0.4, -0.2) is 29.0 Å². The van der Waals surface area contributed by atoms with Gasteiger partial charge in [-0.05, 0) is 29.7 Å². The molecule has 0 saturated heterocycles. The first kappa shape index (κ1) is 15.0. The van der Waals surface area contributed by atoms with Crippen LogP contribution in [0.2, 0.25) is 0 Å². The van der Waals surface area contributed by atoms with Crippen molar-refractivity contribution in [1.29, 1.82) is 0 Å². The SMILES string of the molecule is CCC(CO)(CO)NC(C)c1cccc2ccccc12. The van der Waals surface area contributed by atoms with Crippen molar-refractivity contribution in [2.75, 3.05) is 13.2 Å². The Morgan fingerprint density at radius 1 is 1.05 bits per heavy atom. The van der Waals surface area contributed by atoms with Crippen LogP contribution < -0.4 is 5.32 Å². The number of aliphatic hydroxyl groups excluding tert-OH is 2. The first-order valence-corrected chi connectivity index (χ1v) is 7.13. The van der Waals surface area contributed by atoms with Gasteiger partial charge in [0.05, 0.1) is 18.8 Å². The summed E-state index contributed by atoms with van der Waals surface area (Å²) in [5.41, 5.74) is 0.555. The molecule has 3 N–H and O–H groups in total. The number of aliphatic hydroxyl groups is 2. The second-order valence-corrected chi connectivity index (χ2v) is 5.38. The lowest BCUT2D eigenvalue weighted by molar-refractivity contribution is 0.0794. The summed E-state index contributed by atoms with van der Waals surface area (Å²) in [5, 5.41) is 24.9. The van der Waals surface area contributed by atoms with Crippen molar-refractivity contribution in [3.05, 3.63) is 48.0 Å². The summed E-state index contributed by atoms with van der Waals surface area (Å²) in [6.45, 7) is 3.89. The van der Waals surface area contributed by atoms with Gasteiger partial charge >= 0.3 is 0 Å². The van der Waals surface area contributed by atoms with Gasteiger partial charge in [0.2, 0.25) is 0 Å². The van der Waals surface area contributed by atoms with E-state index in [2.05, 4.69) is 36.5 Å². The van der Waals surface area contributed by atoms with Gasteiger partial charge in [-0.1, -0.05) is 49.4 Å². The molecule has 1 atom stereocenters. The van der Waals surface area contributed by atoms with Crippen LogP contribution in [0.3, 0.4) is 0 Å². The minimum absolute atomic E-state index is 0.0559. The van der Waals surface area contributed by atoms with Crippen LogP contribution in [0.15, 0.2) is 42.5 Å². The number of rotatable bonds is 6. The Hall–Kier alpha value is -1.42. The molecule has 0 aliphatic rings. The van der Waals surface area contributed by atoms with Crippen molar-refractivity contribution in [2.45, 2.75) is 31.8 Å². The van der Waals surface area contributed by atoms with Crippen LogP contribution in [0.25, 0.3) is 10.8 Å². The van der Waals surface area contributed by atoms with Gasteiger partial charge in [-0.25, -0.2) is 0 Å². The van der Waals surface area contributed by atoms with E-state index >= 15 is 0 Å². The third-order valence-corrected chi connectivity index (χ3v) is 4.09. The van der Waals surface area contributed by atoms with Crippen molar-refractivity contribution >= 4 is 10.8 Å². The maximum atomic E-state index is 9.56. The fourth-order valence-electron chi connectivity index (χ4n) is 2.63. The summed E-state index contributed by atoms with van der Waals surface area (Å²) in [7, 11) is 0. The Morgan fingerprint density at radius 2 is 1.70 bits per heavy atom. The van der Waals surface area contributed by atoms with Crippen LogP contribution in [0.4, 0.5) is 0 Å². The smallest absolute Gasteiger partial charge is 0.0650 e. The fraction of sp³-hybridized carbons (Fsp3) is 0.412. The summed E-state index contributed by atoms with van der Waals surface area (Å²) in [6, 6.07) is 14.5. The predicted molar refractivity (Wildman–Crippen MR) is 82.7 cm³/mol. The van der Waals surface area contributed by atoms with Crippen LogP contribution in [-0.2, 0) is 0 Å². The van der Waals surface area contributed by atoms with Gasteiger partial charge in [0.25, 0.3) is 0 Å². The Kier molecular flexibility index (Phi) is 4.76. The van der Waals surface area contributed by atoms with Crippen LogP contribution in [0.1, 0.15) is 31.9 Å². The van der Waals surface area contributed by atoms with Crippen LogP contribution >= 0.6 is 0 Å². The minimum Gasteiger partial charge on any atom is -0.394 e. The zero-order valence-electron chi connectivity index (χ0n) is 12.1. The molecular weight excluding hydrogens is 250 g/mol. The predicted octanol–water partition coefficient (Wildman–Crippen LogP) is 2.62. The van der Waals surface area contributed by atoms with Crippen molar-refractivity contribution in [3.8, 4) is 0 Å². The summed E-state index contributed by atoms with van der Waals surface area (Å²) in [5.74, 6) is 0. The first-order valence-electron chi connectivity index (χ1n) is 7.13. The van der Waals surface area contributed by atoms with Gasteiger partial charge in [0.15, 0.2) is 0 Å². The standard InChI is InChI=1S/C17H23NO2/c1-3-17(11-19,12-20)18-13(2)15-10-6-8-14-7-4-5-9-16(14)15/h4-10,13,18-20H,3,11-12H2,1-2H3. The number of benzene rings is 2. The number of fused-ring (bicyclic) bond motifs is 1. The topological polar surface area (TPSA) is 52.5 Å². The van der Waals surface area contributed by atoms with E-state index in [1.54, 1.807) is 0 Å². The average molecular weight is 273 g/mol. The molecule has 20 heavy (non-hydrogen) atoms. The van der Waals surface area contributed by atoms with E-state index in [1.807, 2.05) is 25.1 Å². The van der Waals surface area contributed by atoms with E-state index in [1.165, 1.54) is 16.3 Å². The molecule has 0 aliphatic carbocycles. The molecule has 3 nitrogen and oxygen atoms in total. The highest BCUT2D eigenvalue weighted by Crippen LogP contribution is 2.26. The fourth-order valence-corrected chi connectivity index (χ4v) is 2.63. The molecular formula is C17H23NO2. The lowest BCUT2D eigenvalue weighted by Crippen LogP contribution is -2.52. The molecule has 0 heterocycles. The average Bonchev–Trinajstić information content (AvgIpc) is 2.52. The Morgan fingerprint density at radius 3 is 2.35 bits per heavy atom. The highest BCUT2D eigenvalue weighted by Gasteiger charge is 2.28. The summed E-state index contributed by atoms with van der Waals surface area (Å²) in [6.07, 6.45) is 0.676. The molecule has 0 saturated carbocycles. The first-order chi connectivity index (χ1) is 9.65. The maximum Gasteiger partial charge on any atom is 0.0650 e. The Labute approximate surface area is 120 Å². The molecule has 0 fully saturated rings. The molecule has 108 valence electrons. The van der Waals surface area contributed by atoms with Crippen molar-refractivity contribution in [3.63, 3.8) is 0 Å². The van der Waals surface area contributed by atoms with Crippen molar-refractivity contribution < 1.29 is 10.2 Å². The van der Waals surface area contributed by atoms with Gasteiger partial charge in [-0.2, -0.15) is 0 Å². The lowest BCUT2D eigenvalue weighted by atomic mass is 9.93. The molecule has 2 aromatic carbocycles. The largest absolute Gasteiger partial charge is 0.394 e. The molecule has 0 bridgehead atoms. The van der Waals surface area contributed by atoms with E-state index < -0.39 is 5.54 Å². The third kappa shape index (κ3) is 2.85. The Bertz CT molecular complexity index is 550. The quantitative estimate of drug-likeness (QED) is 0.758. The number of hydrogen-bond acceptors (Lipinski definition) is 3. The molecule has 2 rings (SSSR count). The number of nitrogens with one attached hydrogen (secondary N) is 1. The molecule has 1 unspecified atom stereocenters. The second-order valence-electron chi connectivity index (χ2n) is 5.38. The Balaban J connectivity index is 2.34. The zero-order chi connectivity index (χ0) is 14.6. The van der Waals surface area contributed by atoms with Gasteiger partial charge in [-0.3, -0.25) is 0 Å². The van der Waals surface area contributed by atoms with Crippen LogP contribution in [0.5, 0.6) is 0 Å². The van der Waals surface area contributed by atoms with E-state index in [9.17, 15) is 10.2 Å². The maximum absolute atomic E-state index is 9.56. The van der Waals surface area contributed by atoms with Gasteiger partial charge < -0.3 is 15.5 Å². The summed E-state index contributed by atoms with van der Waals surface area (Å²) < 4.78 is 0. The minimum atomic E-state index is -0.629. The second kappa shape index (κ2) is 6.35. The molecule has 0 aliphatic heterocycles. The summed E-state index contributed by atoms with van der Waals surface area (Å²) >= 11 is 0. The van der Waals surface area contributed by atoms with E-state index in [-0.39, 0.29) is 19.3 Å². The molecule has 0 spiro atoms. The highest BCUT2D eigenvalue weighted by atomic mass is 16.3. The van der Waals surface area contributed by atoms with Gasteiger partial charge in [-0.15, -0.1) is 0 Å². The molecule has 0 amide bonds. The van der Waals surface area contributed by atoms with Crippen molar-refractivity contribution in [2.24, 2.45) is 0 Å². The van der Waals surface area contributed by atoms with Crippen LogP contribution in [0, 0.1) is 0 Å². The lowest BCUT2D eigenvalue weighted by Gasteiger charge is -2.33. The van der Waals surface area contributed by atoms with E-state index in [0.29, 0.717) is 6.42 Å². The third-order valence-electron chi connectivity index (χ3n) is 4.09. The number of hydrogen-bond donors (Lipinski definition) is 3. The molecule has 2 aromatic rings. The molecule has 0 aromatic heterocycles. The van der Waals surface area contributed by atoms with Gasteiger partial charge in [0, 0.05) is 6.04 Å². The van der Waals surface area contributed by atoms with Gasteiger partial charge in [0.1, 0.15) is 0 Å². The molecule has 3 heteroatoms. The monoisotopic (exact) mass is 273 g/mol.